The summed E-state index contributed by atoms with van der Waals surface area (Å²) in [5.41, 5.74) is 9.68. The zero-order valence-corrected chi connectivity index (χ0v) is 12.5. The molecule has 0 saturated heterocycles. The van der Waals surface area contributed by atoms with Crippen molar-refractivity contribution in [2.24, 2.45) is 5.73 Å². The molecule has 0 unspecified atom stereocenters. The molecule has 6 heteroatoms. The molecule has 0 bridgehead atoms. The molecule has 4 rings (SSSR count). The van der Waals surface area contributed by atoms with Crippen LogP contribution < -0.4 is 5.73 Å². The highest BCUT2D eigenvalue weighted by atomic mass is 32.1. The topological polar surface area (TPSA) is 69.1 Å². The molecule has 0 atom stereocenters. The van der Waals surface area contributed by atoms with Crippen LogP contribution in [-0.2, 0) is 6.54 Å². The minimum atomic E-state index is 0.441. The molecule has 3 heterocycles. The van der Waals surface area contributed by atoms with E-state index in [4.69, 9.17) is 5.73 Å². The molecule has 0 radical (unpaired) electrons. The van der Waals surface area contributed by atoms with Crippen molar-refractivity contribution in [3.05, 3.63) is 60.4 Å². The fraction of sp³-hybridized carbons (Fsp3) is 0.0625. The second-order valence-electron chi connectivity index (χ2n) is 4.83. The van der Waals surface area contributed by atoms with E-state index in [9.17, 15) is 0 Å². The van der Waals surface area contributed by atoms with Crippen LogP contribution in [0, 0.1) is 0 Å². The number of hydrogen-bond donors (Lipinski definition) is 1. The molecule has 0 aliphatic carbocycles. The van der Waals surface area contributed by atoms with Gasteiger partial charge in [0.25, 0.3) is 0 Å². The lowest BCUT2D eigenvalue weighted by atomic mass is 10.2. The first kappa shape index (κ1) is 13.1. The molecule has 1 aromatic carbocycles. The third-order valence-corrected chi connectivity index (χ3v) is 4.40. The van der Waals surface area contributed by atoms with Gasteiger partial charge in [0.15, 0.2) is 5.01 Å². The lowest BCUT2D eigenvalue weighted by molar-refractivity contribution is 0.972. The van der Waals surface area contributed by atoms with Crippen molar-refractivity contribution in [2.75, 3.05) is 0 Å². The number of hydrogen-bond acceptors (Lipinski definition) is 5. The summed E-state index contributed by atoms with van der Waals surface area (Å²) in [6.45, 7) is 0.441. The summed E-state index contributed by atoms with van der Waals surface area (Å²) in [6, 6.07) is 14.0. The average Bonchev–Trinajstić information content (AvgIpc) is 3.16. The van der Waals surface area contributed by atoms with Crippen LogP contribution in [0.5, 0.6) is 0 Å². The normalized spacial score (nSPS) is 11.1. The van der Waals surface area contributed by atoms with E-state index in [0.29, 0.717) is 6.54 Å². The number of imidazole rings is 1. The minimum Gasteiger partial charge on any atom is -0.326 e. The predicted octanol–water partition coefficient (Wildman–Crippen LogP) is 2.98. The average molecular weight is 307 g/mol. The van der Waals surface area contributed by atoms with E-state index in [1.807, 2.05) is 41.0 Å². The molecule has 2 N–H and O–H groups in total. The number of nitrogens with two attached hydrogens (primary N) is 1. The van der Waals surface area contributed by atoms with Crippen molar-refractivity contribution >= 4 is 16.3 Å². The van der Waals surface area contributed by atoms with Gasteiger partial charge in [0.2, 0.25) is 4.96 Å². The van der Waals surface area contributed by atoms with E-state index in [-0.39, 0.29) is 0 Å². The van der Waals surface area contributed by atoms with E-state index < -0.39 is 0 Å². The van der Waals surface area contributed by atoms with E-state index in [0.717, 1.165) is 32.5 Å². The highest BCUT2D eigenvalue weighted by Gasteiger charge is 2.15. The number of pyridine rings is 1. The van der Waals surface area contributed by atoms with Gasteiger partial charge >= 0.3 is 0 Å². The zero-order valence-electron chi connectivity index (χ0n) is 11.7. The van der Waals surface area contributed by atoms with Crippen LogP contribution in [-0.4, -0.2) is 19.6 Å². The van der Waals surface area contributed by atoms with E-state index in [1.165, 1.54) is 11.3 Å². The van der Waals surface area contributed by atoms with Gasteiger partial charge in [-0.25, -0.2) is 9.50 Å². The Bertz CT molecular complexity index is 926. The number of aromatic nitrogens is 4. The van der Waals surface area contributed by atoms with Crippen LogP contribution in [0.4, 0.5) is 0 Å². The summed E-state index contributed by atoms with van der Waals surface area (Å²) in [4.78, 5) is 9.73. The SMILES string of the molecule is NCc1cccnc1-c1nn2c(-c3ccccc3)cnc2s1. The van der Waals surface area contributed by atoms with Crippen molar-refractivity contribution in [3.8, 4) is 22.0 Å². The number of rotatable bonds is 3. The molecular weight excluding hydrogens is 294 g/mol. The number of fused-ring (bicyclic) bond motifs is 1. The molecule has 5 nitrogen and oxygen atoms in total. The largest absolute Gasteiger partial charge is 0.326 e. The molecule has 0 aliphatic rings. The molecule has 0 spiro atoms. The van der Waals surface area contributed by atoms with Crippen LogP contribution in [0.1, 0.15) is 5.56 Å². The maximum atomic E-state index is 5.79. The van der Waals surface area contributed by atoms with E-state index >= 15 is 0 Å². The monoisotopic (exact) mass is 307 g/mol. The quantitative estimate of drug-likeness (QED) is 0.632. The Hall–Kier alpha value is -2.57. The smallest absolute Gasteiger partial charge is 0.213 e. The molecule has 0 saturated carbocycles. The van der Waals surface area contributed by atoms with Crippen molar-refractivity contribution in [3.63, 3.8) is 0 Å². The highest BCUT2D eigenvalue weighted by molar-refractivity contribution is 7.19. The third-order valence-electron chi connectivity index (χ3n) is 3.47. The number of benzene rings is 1. The standard InChI is InChI=1S/C16H13N5S/c17-9-12-7-4-8-18-14(12)15-20-21-13(10-19-16(21)22-15)11-5-2-1-3-6-11/h1-8,10H,9,17H2. The van der Waals surface area contributed by atoms with E-state index in [1.54, 1.807) is 6.20 Å². The second kappa shape index (κ2) is 5.32. The summed E-state index contributed by atoms with van der Waals surface area (Å²) in [5.74, 6) is 0. The van der Waals surface area contributed by atoms with Crippen molar-refractivity contribution in [1.29, 1.82) is 0 Å². The molecule has 22 heavy (non-hydrogen) atoms. The van der Waals surface area contributed by atoms with Crippen LogP contribution in [0.2, 0.25) is 0 Å². The first-order valence-electron chi connectivity index (χ1n) is 6.91. The van der Waals surface area contributed by atoms with Gasteiger partial charge in [-0.2, -0.15) is 5.10 Å². The van der Waals surface area contributed by atoms with Gasteiger partial charge in [0.1, 0.15) is 5.69 Å². The fourth-order valence-electron chi connectivity index (χ4n) is 2.39. The first-order valence-corrected chi connectivity index (χ1v) is 7.73. The van der Waals surface area contributed by atoms with Gasteiger partial charge in [-0.15, -0.1) is 0 Å². The van der Waals surface area contributed by atoms with Gasteiger partial charge in [-0.05, 0) is 11.6 Å². The van der Waals surface area contributed by atoms with Gasteiger partial charge in [0.05, 0.1) is 11.9 Å². The Balaban J connectivity index is 1.87. The third kappa shape index (κ3) is 2.09. The predicted molar refractivity (Wildman–Crippen MR) is 87.4 cm³/mol. The summed E-state index contributed by atoms with van der Waals surface area (Å²) in [5, 5.41) is 5.52. The van der Waals surface area contributed by atoms with Gasteiger partial charge in [-0.3, -0.25) is 4.98 Å². The Kier molecular flexibility index (Phi) is 3.17. The summed E-state index contributed by atoms with van der Waals surface area (Å²) in [7, 11) is 0. The summed E-state index contributed by atoms with van der Waals surface area (Å²) >= 11 is 1.52. The van der Waals surface area contributed by atoms with E-state index in [2.05, 4.69) is 27.2 Å². The van der Waals surface area contributed by atoms with Gasteiger partial charge in [-0.1, -0.05) is 47.7 Å². The molecule has 108 valence electrons. The highest BCUT2D eigenvalue weighted by Crippen LogP contribution is 2.29. The van der Waals surface area contributed by atoms with Crippen molar-refractivity contribution < 1.29 is 0 Å². The van der Waals surface area contributed by atoms with Crippen LogP contribution >= 0.6 is 11.3 Å². The summed E-state index contributed by atoms with van der Waals surface area (Å²) in [6.07, 6.45) is 3.61. The zero-order chi connectivity index (χ0) is 14.9. The lowest BCUT2D eigenvalue weighted by Crippen LogP contribution is -2.00. The number of nitrogens with zero attached hydrogens (tertiary/aromatic N) is 4. The van der Waals surface area contributed by atoms with Gasteiger partial charge < -0.3 is 5.73 Å². The van der Waals surface area contributed by atoms with Crippen molar-refractivity contribution in [1.82, 2.24) is 19.6 Å². The maximum absolute atomic E-state index is 5.79. The van der Waals surface area contributed by atoms with Crippen LogP contribution in [0.15, 0.2) is 54.9 Å². The molecule has 0 fully saturated rings. The molecule has 4 aromatic rings. The maximum Gasteiger partial charge on any atom is 0.213 e. The molecule has 0 aliphatic heterocycles. The lowest BCUT2D eigenvalue weighted by Gasteiger charge is -2.02. The van der Waals surface area contributed by atoms with Crippen LogP contribution in [0.3, 0.4) is 0 Å². The molecule has 0 amide bonds. The second-order valence-corrected chi connectivity index (χ2v) is 5.78. The Labute approximate surface area is 131 Å². The minimum absolute atomic E-state index is 0.441. The van der Waals surface area contributed by atoms with Crippen LogP contribution in [0.25, 0.3) is 26.9 Å². The molecular formula is C16H13N5S. The fourth-order valence-corrected chi connectivity index (χ4v) is 3.30. The Morgan fingerprint density at radius 1 is 1.05 bits per heavy atom. The van der Waals surface area contributed by atoms with Gasteiger partial charge in [0, 0.05) is 18.3 Å². The van der Waals surface area contributed by atoms with Crippen molar-refractivity contribution in [2.45, 2.75) is 6.54 Å². The Morgan fingerprint density at radius 2 is 1.91 bits per heavy atom. The Morgan fingerprint density at radius 3 is 2.73 bits per heavy atom. The summed E-state index contributed by atoms with van der Waals surface area (Å²) < 4.78 is 1.87. The first-order chi connectivity index (χ1) is 10.9. The molecule has 3 aromatic heterocycles.